The summed E-state index contributed by atoms with van der Waals surface area (Å²) in [5.41, 5.74) is 4.14. The summed E-state index contributed by atoms with van der Waals surface area (Å²) < 4.78 is 9.44. The minimum absolute atomic E-state index is 0.804. The van der Waals surface area contributed by atoms with E-state index in [1.54, 1.807) is 11.3 Å². The molecular weight excluding hydrogens is 452 g/mol. The average Bonchev–Trinajstić information content (AvgIpc) is 3.28. The standard InChI is InChI=1S/C24H12BrClOS/c25-18-6-3-5-15-17-12-13(8-11-20(17)27-23(15)18)14-9-10-19(26)24-22(14)16-4-1-2-7-21(16)28-24/h1-12H. The number of hydrogen-bond acceptors (Lipinski definition) is 2. The van der Waals surface area contributed by atoms with Crippen molar-refractivity contribution in [2.75, 3.05) is 0 Å². The van der Waals surface area contributed by atoms with Gasteiger partial charge in [-0.05, 0) is 57.4 Å². The fourth-order valence-corrected chi connectivity index (χ4v) is 5.82. The number of thiophene rings is 1. The van der Waals surface area contributed by atoms with Crippen LogP contribution in [-0.2, 0) is 0 Å². The minimum atomic E-state index is 0.804. The van der Waals surface area contributed by atoms with E-state index in [2.05, 4.69) is 70.5 Å². The van der Waals surface area contributed by atoms with Crippen LogP contribution in [-0.4, -0.2) is 0 Å². The van der Waals surface area contributed by atoms with Crippen molar-refractivity contribution in [1.29, 1.82) is 0 Å². The van der Waals surface area contributed by atoms with Crippen LogP contribution in [0.25, 0.3) is 53.2 Å². The first-order valence-electron chi connectivity index (χ1n) is 8.91. The largest absolute Gasteiger partial charge is 0.455 e. The molecule has 6 aromatic rings. The summed E-state index contributed by atoms with van der Waals surface area (Å²) in [6, 6.07) is 25.2. The Balaban J connectivity index is 1.71. The number of benzene rings is 4. The highest BCUT2D eigenvalue weighted by Gasteiger charge is 2.15. The molecule has 0 amide bonds. The molecule has 0 fully saturated rings. The monoisotopic (exact) mass is 462 g/mol. The first kappa shape index (κ1) is 16.6. The molecule has 0 radical (unpaired) electrons. The molecule has 2 aromatic heterocycles. The molecule has 0 aliphatic rings. The summed E-state index contributed by atoms with van der Waals surface area (Å²) in [6.45, 7) is 0. The molecule has 0 saturated carbocycles. The summed E-state index contributed by atoms with van der Waals surface area (Å²) in [5.74, 6) is 0. The fourth-order valence-electron chi connectivity index (χ4n) is 3.97. The number of rotatable bonds is 1. The lowest BCUT2D eigenvalue weighted by Crippen LogP contribution is -1.80. The topological polar surface area (TPSA) is 13.1 Å². The molecule has 28 heavy (non-hydrogen) atoms. The molecule has 0 unspecified atom stereocenters. The van der Waals surface area contributed by atoms with Crippen molar-refractivity contribution in [3.05, 3.63) is 82.3 Å². The lowest BCUT2D eigenvalue weighted by molar-refractivity contribution is 0.667. The average molecular weight is 464 g/mol. The van der Waals surface area contributed by atoms with Gasteiger partial charge < -0.3 is 4.42 Å². The first-order valence-corrected chi connectivity index (χ1v) is 10.9. The van der Waals surface area contributed by atoms with E-state index in [9.17, 15) is 0 Å². The van der Waals surface area contributed by atoms with E-state index in [-0.39, 0.29) is 0 Å². The van der Waals surface area contributed by atoms with E-state index in [0.717, 1.165) is 36.1 Å². The molecule has 0 atom stereocenters. The fraction of sp³-hybridized carbons (Fsp3) is 0. The molecule has 134 valence electrons. The zero-order valence-electron chi connectivity index (χ0n) is 14.5. The molecule has 1 nitrogen and oxygen atoms in total. The van der Waals surface area contributed by atoms with E-state index in [1.807, 2.05) is 18.2 Å². The maximum atomic E-state index is 6.55. The molecule has 4 aromatic carbocycles. The number of furan rings is 1. The van der Waals surface area contributed by atoms with Crippen LogP contribution in [0.1, 0.15) is 0 Å². The van der Waals surface area contributed by atoms with Gasteiger partial charge in [0.15, 0.2) is 0 Å². The number of para-hydroxylation sites is 1. The number of halogens is 2. The molecule has 4 heteroatoms. The van der Waals surface area contributed by atoms with Gasteiger partial charge in [0, 0.05) is 26.2 Å². The van der Waals surface area contributed by atoms with Gasteiger partial charge in [-0.15, -0.1) is 11.3 Å². The van der Waals surface area contributed by atoms with Gasteiger partial charge in [0.2, 0.25) is 0 Å². The van der Waals surface area contributed by atoms with Crippen LogP contribution in [0.15, 0.2) is 81.7 Å². The Morgan fingerprint density at radius 3 is 2.61 bits per heavy atom. The van der Waals surface area contributed by atoms with E-state index in [4.69, 9.17) is 16.0 Å². The molecule has 2 heterocycles. The van der Waals surface area contributed by atoms with E-state index >= 15 is 0 Å². The predicted octanol–water partition coefficient (Wildman–Crippen LogP) is 9.04. The smallest absolute Gasteiger partial charge is 0.149 e. The lowest BCUT2D eigenvalue weighted by Gasteiger charge is -2.06. The van der Waals surface area contributed by atoms with Crippen molar-refractivity contribution < 1.29 is 4.42 Å². The summed E-state index contributed by atoms with van der Waals surface area (Å²) in [5, 5.41) is 5.52. The Morgan fingerprint density at radius 1 is 0.821 bits per heavy atom. The zero-order valence-corrected chi connectivity index (χ0v) is 17.7. The van der Waals surface area contributed by atoms with Crippen LogP contribution in [0.3, 0.4) is 0 Å². The second kappa shape index (κ2) is 6.08. The predicted molar refractivity (Wildman–Crippen MR) is 125 cm³/mol. The van der Waals surface area contributed by atoms with Crippen molar-refractivity contribution in [2.45, 2.75) is 0 Å². The maximum absolute atomic E-state index is 6.55. The summed E-state index contributed by atoms with van der Waals surface area (Å²) in [6.07, 6.45) is 0. The minimum Gasteiger partial charge on any atom is -0.455 e. The van der Waals surface area contributed by atoms with E-state index in [0.29, 0.717) is 0 Å². The van der Waals surface area contributed by atoms with Crippen LogP contribution in [0.5, 0.6) is 0 Å². The van der Waals surface area contributed by atoms with Crippen LogP contribution < -0.4 is 0 Å². The van der Waals surface area contributed by atoms with Crippen molar-refractivity contribution in [2.24, 2.45) is 0 Å². The molecule has 0 saturated heterocycles. The SMILES string of the molecule is Clc1ccc(-c2ccc3oc4c(Br)cccc4c3c2)c2c1sc1ccccc12. The first-order chi connectivity index (χ1) is 13.7. The molecule has 0 aliphatic carbocycles. The molecule has 0 aliphatic heterocycles. The lowest BCUT2D eigenvalue weighted by atomic mass is 9.98. The van der Waals surface area contributed by atoms with Crippen LogP contribution in [0.4, 0.5) is 0 Å². The normalized spacial score (nSPS) is 11.9. The molecule has 0 bridgehead atoms. The Kier molecular flexibility index (Phi) is 3.61. The van der Waals surface area contributed by atoms with Gasteiger partial charge in [-0.1, -0.05) is 54.1 Å². The zero-order chi connectivity index (χ0) is 18.8. The van der Waals surface area contributed by atoms with Gasteiger partial charge in [-0.25, -0.2) is 0 Å². The van der Waals surface area contributed by atoms with Gasteiger partial charge in [0.25, 0.3) is 0 Å². The van der Waals surface area contributed by atoms with Gasteiger partial charge in [0.05, 0.1) is 14.2 Å². The highest BCUT2D eigenvalue weighted by atomic mass is 79.9. The van der Waals surface area contributed by atoms with Crippen LogP contribution in [0.2, 0.25) is 5.02 Å². The van der Waals surface area contributed by atoms with Gasteiger partial charge >= 0.3 is 0 Å². The maximum Gasteiger partial charge on any atom is 0.149 e. The summed E-state index contributed by atoms with van der Waals surface area (Å²) in [7, 11) is 0. The molecule has 0 spiro atoms. The van der Waals surface area contributed by atoms with Gasteiger partial charge in [-0.3, -0.25) is 0 Å². The second-order valence-electron chi connectivity index (χ2n) is 6.83. The van der Waals surface area contributed by atoms with Crippen LogP contribution >= 0.6 is 38.9 Å². The van der Waals surface area contributed by atoms with Crippen LogP contribution in [0, 0.1) is 0 Å². The van der Waals surface area contributed by atoms with Crippen molar-refractivity contribution in [3.8, 4) is 11.1 Å². The Hall–Kier alpha value is -2.33. The molecule has 6 rings (SSSR count). The number of fused-ring (bicyclic) bond motifs is 6. The highest BCUT2D eigenvalue weighted by Crippen LogP contribution is 2.44. The highest BCUT2D eigenvalue weighted by molar-refractivity contribution is 9.10. The number of hydrogen-bond donors (Lipinski definition) is 0. The third kappa shape index (κ3) is 2.30. The van der Waals surface area contributed by atoms with Crippen molar-refractivity contribution in [3.63, 3.8) is 0 Å². The third-order valence-corrected chi connectivity index (χ3v) is 7.49. The Morgan fingerprint density at radius 2 is 1.68 bits per heavy atom. The summed E-state index contributed by atoms with van der Waals surface area (Å²) >= 11 is 11.9. The van der Waals surface area contributed by atoms with E-state index < -0.39 is 0 Å². The van der Waals surface area contributed by atoms with Gasteiger partial charge in [0.1, 0.15) is 11.2 Å². The molecule has 0 N–H and O–H groups in total. The molecular formula is C24H12BrClOS. The van der Waals surface area contributed by atoms with Gasteiger partial charge in [-0.2, -0.15) is 0 Å². The van der Waals surface area contributed by atoms with E-state index in [1.165, 1.54) is 26.6 Å². The second-order valence-corrected chi connectivity index (χ2v) is 9.14. The Labute approximate surface area is 178 Å². The van der Waals surface area contributed by atoms with Crippen molar-refractivity contribution in [1.82, 2.24) is 0 Å². The third-order valence-electron chi connectivity index (χ3n) is 5.24. The summed E-state index contributed by atoms with van der Waals surface area (Å²) in [4.78, 5) is 0. The van der Waals surface area contributed by atoms with Crippen molar-refractivity contribution >= 4 is 81.0 Å². The quantitative estimate of drug-likeness (QED) is 0.237. The Bertz CT molecular complexity index is 1540.